The summed E-state index contributed by atoms with van der Waals surface area (Å²) in [5, 5.41) is 0. The van der Waals surface area contributed by atoms with Crippen molar-refractivity contribution < 1.29 is 4.79 Å². The molecule has 0 aliphatic carbocycles. The fourth-order valence-corrected chi connectivity index (χ4v) is 1.27. The van der Waals surface area contributed by atoms with Gasteiger partial charge in [0.2, 0.25) is 5.91 Å². The first-order valence-corrected chi connectivity index (χ1v) is 6.21. The fourth-order valence-electron chi connectivity index (χ4n) is 1.12. The van der Waals surface area contributed by atoms with Crippen LogP contribution in [0.25, 0.3) is 0 Å². The maximum atomic E-state index is 10.5. The molecule has 0 atom stereocenters. The second-order valence-corrected chi connectivity index (χ2v) is 4.09. The second kappa shape index (κ2) is 9.71. The number of hydrogen-bond donors (Lipinski definition) is 5. The number of primary amides is 1. The molecule has 0 saturated carbocycles. The first kappa shape index (κ1) is 17.8. The van der Waals surface area contributed by atoms with E-state index in [0.717, 1.165) is 10.6 Å². The summed E-state index contributed by atoms with van der Waals surface area (Å²) in [6.07, 6.45) is 0. The highest BCUT2D eigenvalue weighted by molar-refractivity contribution is 7.80. The zero-order valence-electron chi connectivity index (χ0n) is 11.3. The zero-order chi connectivity index (χ0) is 15.5. The Bertz CT molecular complexity index is 491. The van der Waals surface area contributed by atoms with Crippen molar-refractivity contribution in [2.45, 2.75) is 4.90 Å². The van der Waals surface area contributed by atoms with Crippen molar-refractivity contribution in [1.82, 2.24) is 0 Å². The molecule has 0 saturated heterocycles. The molecule has 8 N–H and O–H groups in total. The summed E-state index contributed by atoms with van der Waals surface area (Å²) in [5.41, 5.74) is 22.1. The molecule has 1 amide bonds. The molecule has 0 spiro atoms. The Balaban J connectivity index is 0.000000327. The molecule has 0 aliphatic rings. The molecule has 0 unspecified atom stereocenters. The molecule has 0 heterocycles. The maximum absolute atomic E-state index is 10.5. The Morgan fingerprint density at radius 2 is 1.20 bits per heavy atom. The molecule has 0 fully saturated rings. The first-order chi connectivity index (χ1) is 9.49. The Hall–Kier alpha value is -2.18. The lowest BCUT2D eigenvalue weighted by atomic mass is 10.2. The van der Waals surface area contributed by atoms with E-state index in [9.17, 15) is 4.79 Å². The Labute approximate surface area is 124 Å². The Morgan fingerprint density at radius 1 is 0.850 bits per heavy atom. The van der Waals surface area contributed by atoms with E-state index in [2.05, 4.69) is 18.4 Å². The van der Waals surface area contributed by atoms with Crippen LogP contribution in [0.2, 0.25) is 0 Å². The Morgan fingerprint density at radius 3 is 1.50 bits per heavy atom. The lowest BCUT2D eigenvalue weighted by molar-refractivity contribution is 0.100. The average molecular weight is 292 g/mol. The topological polar surface area (TPSA) is 121 Å². The Kier molecular flexibility index (Phi) is 8.65. The number of rotatable bonds is 1. The number of thiol groups is 1. The van der Waals surface area contributed by atoms with Crippen molar-refractivity contribution in [3.63, 3.8) is 0 Å². The quantitative estimate of drug-likeness (QED) is 0.404. The number of carbonyl (C=O) groups is 1. The smallest absolute Gasteiger partial charge is 0.248 e. The van der Waals surface area contributed by atoms with E-state index < -0.39 is 5.91 Å². The van der Waals surface area contributed by atoms with Crippen molar-refractivity contribution in [1.29, 1.82) is 0 Å². The predicted octanol–water partition coefficient (Wildman–Crippen LogP) is 1.50. The second-order valence-electron chi connectivity index (χ2n) is 3.58. The van der Waals surface area contributed by atoms with E-state index in [4.69, 9.17) is 17.2 Å². The van der Waals surface area contributed by atoms with E-state index in [1.807, 2.05) is 24.3 Å². The average Bonchev–Trinajstić information content (AvgIpc) is 2.45. The largest absolute Gasteiger partial charge is 0.399 e. The molecular formula is C14H20N4OS. The van der Waals surface area contributed by atoms with Gasteiger partial charge in [-0.1, -0.05) is 0 Å². The van der Waals surface area contributed by atoms with Crippen LogP contribution in [0.1, 0.15) is 10.4 Å². The number of nitrogen functional groups attached to an aromatic ring is 2. The summed E-state index contributed by atoms with van der Waals surface area (Å²) in [7, 11) is 1.50. The number of anilines is 2. The summed E-state index contributed by atoms with van der Waals surface area (Å²) < 4.78 is 0. The van der Waals surface area contributed by atoms with Crippen molar-refractivity contribution in [3.8, 4) is 0 Å². The van der Waals surface area contributed by atoms with Crippen LogP contribution < -0.4 is 22.9 Å². The van der Waals surface area contributed by atoms with Crippen LogP contribution in [-0.4, -0.2) is 13.0 Å². The molecule has 2 rings (SSSR count). The highest BCUT2D eigenvalue weighted by Gasteiger charge is 1.96. The molecule has 2 aromatic rings. The number of nitrogens with two attached hydrogens (primary N) is 4. The van der Waals surface area contributed by atoms with Crippen LogP contribution >= 0.6 is 12.6 Å². The molecule has 5 nitrogen and oxygen atoms in total. The highest BCUT2D eigenvalue weighted by atomic mass is 32.1. The van der Waals surface area contributed by atoms with Crippen molar-refractivity contribution in [2.75, 3.05) is 18.5 Å². The lowest BCUT2D eigenvalue weighted by Gasteiger charge is -1.93. The van der Waals surface area contributed by atoms with Crippen LogP contribution in [-0.2, 0) is 0 Å². The summed E-state index contributed by atoms with van der Waals surface area (Å²) in [5.74, 6) is -0.431. The van der Waals surface area contributed by atoms with Crippen LogP contribution in [0.15, 0.2) is 53.4 Å². The van der Waals surface area contributed by atoms with Gasteiger partial charge in [-0.15, -0.1) is 12.6 Å². The summed E-state index contributed by atoms with van der Waals surface area (Å²) in [6, 6.07) is 13.8. The summed E-state index contributed by atoms with van der Waals surface area (Å²) in [4.78, 5) is 11.4. The van der Waals surface area contributed by atoms with Gasteiger partial charge >= 0.3 is 0 Å². The van der Waals surface area contributed by atoms with Crippen molar-refractivity contribution >= 4 is 29.9 Å². The van der Waals surface area contributed by atoms with Gasteiger partial charge in [-0.3, -0.25) is 4.79 Å². The molecule has 20 heavy (non-hydrogen) atoms. The third-order valence-corrected chi connectivity index (χ3v) is 2.39. The SMILES string of the molecule is CN.NC(=O)c1ccc(N)cc1.Nc1ccc(S)cc1. The third kappa shape index (κ3) is 7.30. The van der Waals surface area contributed by atoms with Crippen LogP contribution in [0.3, 0.4) is 0 Å². The summed E-state index contributed by atoms with van der Waals surface area (Å²) >= 11 is 4.08. The van der Waals surface area contributed by atoms with Gasteiger partial charge in [-0.2, -0.15) is 0 Å². The van der Waals surface area contributed by atoms with Gasteiger partial charge < -0.3 is 22.9 Å². The molecule has 0 aromatic heterocycles. The molecule has 0 radical (unpaired) electrons. The minimum atomic E-state index is -0.431. The van der Waals surface area contributed by atoms with Gasteiger partial charge in [0.15, 0.2) is 0 Å². The number of carbonyl (C=O) groups excluding carboxylic acids is 1. The van der Waals surface area contributed by atoms with Gasteiger partial charge in [-0.25, -0.2) is 0 Å². The van der Waals surface area contributed by atoms with Gasteiger partial charge in [0.1, 0.15) is 0 Å². The van der Waals surface area contributed by atoms with Gasteiger partial charge in [0.05, 0.1) is 0 Å². The van der Waals surface area contributed by atoms with E-state index >= 15 is 0 Å². The molecule has 6 heteroatoms. The molecule has 0 aliphatic heterocycles. The highest BCUT2D eigenvalue weighted by Crippen LogP contribution is 2.07. The molecule has 2 aromatic carbocycles. The van der Waals surface area contributed by atoms with Gasteiger partial charge in [0, 0.05) is 21.8 Å². The fraction of sp³-hybridized carbons (Fsp3) is 0.0714. The predicted molar refractivity (Wildman–Crippen MR) is 87.6 cm³/mol. The van der Waals surface area contributed by atoms with Gasteiger partial charge in [-0.05, 0) is 55.6 Å². The van der Waals surface area contributed by atoms with Crippen LogP contribution in [0.5, 0.6) is 0 Å². The summed E-state index contributed by atoms with van der Waals surface area (Å²) in [6.45, 7) is 0. The maximum Gasteiger partial charge on any atom is 0.248 e. The molecule has 108 valence electrons. The number of hydrogen-bond acceptors (Lipinski definition) is 5. The van der Waals surface area contributed by atoms with Crippen molar-refractivity contribution in [2.24, 2.45) is 11.5 Å². The number of amides is 1. The van der Waals surface area contributed by atoms with Crippen LogP contribution in [0.4, 0.5) is 11.4 Å². The number of benzene rings is 2. The molecule has 0 bridgehead atoms. The first-order valence-electron chi connectivity index (χ1n) is 5.76. The van der Waals surface area contributed by atoms with Gasteiger partial charge in [0.25, 0.3) is 0 Å². The zero-order valence-corrected chi connectivity index (χ0v) is 12.2. The van der Waals surface area contributed by atoms with E-state index in [1.165, 1.54) is 7.05 Å². The van der Waals surface area contributed by atoms with E-state index in [-0.39, 0.29) is 0 Å². The van der Waals surface area contributed by atoms with E-state index in [0.29, 0.717) is 11.3 Å². The minimum Gasteiger partial charge on any atom is -0.399 e. The normalized spacial score (nSPS) is 8.55. The molecular weight excluding hydrogens is 272 g/mol. The minimum absolute atomic E-state index is 0.431. The third-order valence-electron chi connectivity index (χ3n) is 2.09. The van der Waals surface area contributed by atoms with Crippen LogP contribution in [0, 0.1) is 0 Å². The van der Waals surface area contributed by atoms with E-state index in [1.54, 1.807) is 24.3 Å². The standard InChI is InChI=1S/C7H8N2O.C6H7NS.CH5N/c8-6-3-1-5(2-4-6)7(9)10;7-5-1-3-6(8)4-2-5;1-2/h1-4H,8H2,(H2,9,10);1-4,8H,7H2;2H2,1H3. The monoisotopic (exact) mass is 292 g/mol. The lowest BCUT2D eigenvalue weighted by Crippen LogP contribution is -2.10. The van der Waals surface area contributed by atoms with Crippen molar-refractivity contribution in [3.05, 3.63) is 54.1 Å².